The molecule has 3 aromatic carbocycles. The van der Waals surface area contributed by atoms with Gasteiger partial charge in [0.05, 0.1) is 40.4 Å². The smallest absolute Gasteiger partial charge is 0.118 e. The highest BCUT2D eigenvalue weighted by Gasteiger charge is 2.17. The van der Waals surface area contributed by atoms with Crippen LogP contribution >= 0.6 is 11.6 Å². The van der Waals surface area contributed by atoms with Gasteiger partial charge in [0, 0.05) is 33.2 Å². The van der Waals surface area contributed by atoms with Gasteiger partial charge in [-0.1, -0.05) is 84.4 Å². The lowest BCUT2D eigenvalue weighted by Crippen LogP contribution is -1.89. The third kappa shape index (κ3) is 4.84. The number of methoxy groups -OCH3 is 1. The second kappa shape index (κ2) is 11.1. The van der Waals surface area contributed by atoms with Gasteiger partial charge in [0.15, 0.2) is 0 Å². The Hall–Kier alpha value is -5.65. The maximum Gasteiger partial charge on any atom is 0.118 e. The first kappa shape index (κ1) is 26.9. The standard InChI is InChI=1S/C39H27ClN4O/c1-45-27-14-12-26(13-15-27)38-30-18-16-28(41-30)36(24-8-4-2-5-9-24)32-20-22-34(43-32)39(40)35-23-21-33(44-35)37(25-10-6-3-7-11-25)29-17-19-31(38)42-29/h2-23,41,44H,1H3. The van der Waals surface area contributed by atoms with Crippen LogP contribution in [0.1, 0.15) is 22.8 Å². The predicted octanol–water partition coefficient (Wildman–Crippen LogP) is 10.3. The summed E-state index contributed by atoms with van der Waals surface area (Å²) in [7, 11) is 1.68. The van der Waals surface area contributed by atoms with Crippen molar-refractivity contribution < 1.29 is 4.74 Å². The molecule has 6 aromatic rings. The molecule has 2 N–H and O–H groups in total. The van der Waals surface area contributed by atoms with E-state index in [4.69, 9.17) is 26.3 Å². The second-order valence-electron chi connectivity index (χ2n) is 10.9. The fourth-order valence-electron chi connectivity index (χ4n) is 6.05. The summed E-state index contributed by atoms with van der Waals surface area (Å²) >= 11 is 7.02. The van der Waals surface area contributed by atoms with Crippen LogP contribution in [0, 0.1) is 0 Å². The van der Waals surface area contributed by atoms with Crippen molar-refractivity contribution in [3.05, 3.63) is 137 Å². The van der Waals surface area contributed by atoms with Gasteiger partial charge in [0.25, 0.3) is 0 Å². The molecule has 0 saturated heterocycles. The third-order valence-corrected chi connectivity index (χ3v) is 8.59. The van der Waals surface area contributed by atoms with Crippen LogP contribution in [0.25, 0.3) is 79.8 Å². The number of hydrogen-bond donors (Lipinski definition) is 2. The zero-order chi connectivity index (χ0) is 30.3. The molecular formula is C39H27ClN4O. The first-order valence-corrected chi connectivity index (χ1v) is 15.1. The number of rotatable bonds is 4. The van der Waals surface area contributed by atoms with E-state index in [1.807, 2.05) is 66.7 Å². The van der Waals surface area contributed by atoms with Crippen molar-refractivity contribution in [1.82, 2.24) is 19.9 Å². The maximum absolute atomic E-state index is 7.02. The van der Waals surface area contributed by atoms with E-state index in [1.165, 1.54) is 0 Å². The van der Waals surface area contributed by atoms with E-state index in [9.17, 15) is 0 Å². The number of nitrogens with one attached hydrogen (secondary N) is 2. The summed E-state index contributed by atoms with van der Waals surface area (Å²) in [4.78, 5) is 17.6. The molecule has 0 fully saturated rings. The van der Waals surface area contributed by atoms with Crippen LogP contribution in [0.15, 0.2) is 109 Å². The minimum atomic E-state index is 0.554. The zero-order valence-corrected chi connectivity index (χ0v) is 25.1. The minimum absolute atomic E-state index is 0.554. The number of H-pyrrole nitrogens is 2. The van der Waals surface area contributed by atoms with Gasteiger partial charge in [0.1, 0.15) is 5.75 Å². The van der Waals surface area contributed by atoms with Crippen molar-refractivity contribution in [2.75, 3.05) is 7.11 Å². The topological polar surface area (TPSA) is 66.6 Å². The Balaban J connectivity index is 1.54. The summed E-state index contributed by atoms with van der Waals surface area (Å²) in [6, 6.07) is 37.0. The molecule has 45 heavy (non-hydrogen) atoms. The van der Waals surface area contributed by atoms with E-state index in [1.54, 1.807) is 7.11 Å². The fourth-order valence-corrected chi connectivity index (χ4v) is 6.26. The van der Waals surface area contributed by atoms with Crippen LogP contribution in [-0.4, -0.2) is 27.0 Å². The van der Waals surface area contributed by atoms with Crippen molar-refractivity contribution in [2.45, 2.75) is 0 Å². The first-order valence-electron chi connectivity index (χ1n) is 14.7. The van der Waals surface area contributed by atoms with Crippen LogP contribution < -0.4 is 4.74 Å². The van der Waals surface area contributed by atoms with Gasteiger partial charge < -0.3 is 14.7 Å². The Labute approximate surface area is 265 Å². The molecule has 6 heteroatoms. The largest absolute Gasteiger partial charge is 0.497 e. The number of fused-ring (bicyclic) bond motifs is 8. The van der Waals surface area contributed by atoms with E-state index in [0.717, 1.165) is 78.3 Å². The van der Waals surface area contributed by atoms with Crippen molar-refractivity contribution in [1.29, 1.82) is 0 Å². The van der Waals surface area contributed by atoms with E-state index in [2.05, 4.69) is 76.7 Å². The highest BCUT2D eigenvalue weighted by atomic mass is 35.5. The Kier molecular flexibility index (Phi) is 6.66. The first-order chi connectivity index (χ1) is 22.2. The van der Waals surface area contributed by atoms with Gasteiger partial charge in [-0.3, -0.25) is 0 Å². The molecule has 8 rings (SSSR count). The number of ether oxygens (including phenoxy) is 1. The Morgan fingerprint density at radius 2 is 0.867 bits per heavy atom. The summed E-state index contributed by atoms with van der Waals surface area (Å²) in [5.74, 6) is 0.798. The SMILES string of the molecule is COc1ccc(-c2c3nc(c(-c4ccccc4)c4ccc([nH]4)c(Cl)c4nc(c(-c5ccccc5)c5ccc2[nH]5)C=C4)C=C3)cc1. The van der Waals surface area contributed by atoms with Crippen molar-refractivity contribution in [3.63, 3.8) is 0 Å². The van der Waals surface area contributed by atoms with Gasteiger partial charge in [0.2, 0.25) is 0 Å². The maximum atomic E-state index is 7.02. The van der Waals surface area contributed by atoms with E-state index in [0.29, 0.717) is 10.7 Å². The number of hydrogen-bond acceptors (Lipinski definition) is 3. The molecule has 0 spiro atoms. The second-order valence-corrected chi connectivity index (χ2v) is 11.3. The lowest BCUT2D eigenvalue weighted by atomic mass is 10.0. The van der Waals surface area contributed by atoms with E-state index >= 15 is 0 Å². The molecule has 0 radical (unpaired) electrons. The zero-order valence-electron chi connectivity index (χ0n) is 24.4. The molecular weight excluding hydrogens is 576 g/mol. The predicted molar refractivity (Wildman–Crippen MR) is 187 cm³/mol. The summed E-state index contributed by atoms with van der Waals surface area (Å²) in [6.07, 6.45) is 8.18. The lowest BCUT2D eigenvalue weighted by Gasteiger charge is -2.07. The molecule has 0 aliphatic carbocycles. The van der Waals surface area contributed by atoms with Crippen molar-refractivity contribution >= 4 is 58.0 Å². The third-order valence-electron chi connectivity index (χ3n) is 8.19. The molecule has 0 saturated carbocycles. The number of aromatic nitrogens is 4. The van der Waals surface area contributed by atoms with Gasteiger partial charge in [-0.2, -0.15) is 0 Å². The molecule has 5 heterocycles. The highest BCUT2D eigenvalue weighted by Crippen LogP contribution is 2.37. The highest BCUT2D eigenvalue weighted by molar-refractivity contribution is 6.35. The van der Waals surface area contributed by atoms with Gasteiger partial charge in [-0.05, 0) is 77.4 Å². The number of nitrogens with zero attached hydrogens (tertiary/aromatic N) is 2. The van der Waals surface area contributed by atoms with Crippen LogP contribution in [0.3, 0.4) is 0 Å². The summed E-state index contributed by atoms with van der Waals surface area (Å²) in [5, 5.41) is 0.554. The average molecular weight is 603 g/mol. The molecule has 216 valence electrons. The summed E-state index contributed by atoms with van der Waals surface area (Å²) in [5.41, 5.74) is 12.9. The Bertz CT molecular complexity index is 2260. The molecule has 0 atom stereocenters. The number of benzene rings is 3. The Morgan fingerprint density at radius 1 is 0.467 bits per heavy atom. The molecule has 5 nitrogen and oxygen atoms in total. The monoisotopic (exact) mass is 602 g/mol. The molecule has 0 unspecified atom stereocenters. The summed E-state index contributed by atoms with van der Waals surface area (Å²) < 4.78 is 5.47. The average Bonchev–Trinajstić information content (AvgIpc) is 3.92. The van der Waals surface area contributed by atoms with Crippen molar-refractivity contribution in [3.8, 4) is 39.1 Å². The quantitative estimate of drug-likeness (QED) is 0.211. The number of aromatic amines is 2. The molecule has 8 bridgehead atoms. The molecule has 2 aliphatic rings. The minimum Gasteiger partial charge on any atom is -0.497 e. The lowest BCUT2D eigenvalue weighted by molar-refractivity contribution is 0.415. The molecule has 3 aromatic heterocycles. The van der Waals surface area contributed by atoms with E-state index in [-0.39, 0.29) is 0 Å². The normalized spacial score (nSPS) is 12.0. The van der Waals surface area contributed by atoms with Crippen LogP contribution in [-0.2, 0) is 0 Å². The van der Waals surface area contributed by atoms with Gasteiger partial charge in [-0.15, -0.1) is 0 Å². The van der Waals surface area contributed by atoms with Gasteiger partial charge >= 0.3 is 0 Å². The van der Waals surface area contributed by atoms with E-state index < -0.39 is 0 Å². The van der Waals surface area contributed by atoms with Gasteiger partial charge in [-0.25, -0.2) is 9.97 Å². The number of halogens is 1. The molecule has 0 amide bonds. The van der Waals surface area contributed by atoms with Crippen LogP contribution in [0.4, 0.5) is 0 Å². The fraction of sp³-hybridized carbons (Fsp3) is 0.0256. The molecule has 2 aliphatic heterocycles. The van der Waals surface area contributed by atoms with Crippen LogP contribution in [0.5, 0.6) is 5.75 Å². The summed E-state index contributed by atoms with van der Waals surface area (Å²) in [6.45, 7) is 0. The van der Waals surface area contributed by atoms with Crippen LogP contribution in [0.2, 0.25) is 5.02 Å². The Morgan fingerprint density at radius 3 is 1.36 bits per heavy atom. The van der Waals surface area contributed by atoms with Crippen molar-refractivity contribution in [2.24, 2.45) is 0 Å².